The zero-order valence-electron chi connectivity index (χ0n) is 23.6. The third kappa shape index (κ3) is 14.1. The van der Waals surface area contributed by atoms with Crippen molar-refractivity contribution in [3.05, 3.63) is 48.4 Å². The number of hydrogen-bond acceptors (Lipinski definition) is 9. The van der Waals surface area contributed by atoms with Gasteiger partial charge in [0, 0.05) is 51.2 Å². The average molecular weight is 604 g/mol. The lowest BCUT2D eigenvalue weighted by molar-refractivity contribution is -0.159. The number of aromatic nitrogens is 2. The van der Waals surface area contributed by atoms with Crippen molar-refractivity contribution in [1.82, 2.24) is 19.8 Å². The van der Waals surface area contributed by atoms with Crippen LogP contribution in [0.4, 0.5) is 10.5 Å². The maximum Gasteiger partial charge on any atom is 0.414 e. The highest BCUT2D eigenvalue weighted by molar-refractivity contribution is 6.27. The van der Waals surface area contributed by atoms with Crippen LogP contribution in [0.3, 0.4) is 0 Å². The van der Waals surface area contributed by atoms with Crippen molar-refractivity contribution < 1.29 is 49.1 Å². The minimum absolute atomic E-state index is 0.0657. The topological polar surface area (TPSA) is 220 Å². The summed E-state index contributed by atoms with van der Waals surface area (Å²) < 4.78 is 5.86. The summed E-state index contributed by atoms with van der Waals surface area (Å²) in [4.78, 5) is 61.5. The molecule has 1 aliphatic carbocycles. The van der Waals surface area contributed by atoms with Crippen LogP contribution in [0, 0.1) is 5.92 Å². The van der Waals surface area contributed by atoms with E-state index in [2.05, 4.69) is 26.3 Å². The Bertz CT molecular complexity index is 1130. The largest absolute Gasteiger partial charge is 0.478 e. The molecule has 5 N–H and O–H groups in total. The number of carboxylic acid groups (broad SMARTS) is 4. The van der Waals surface area contributed by atoms with Crippen LogP contribution < -0.4 is 10.1 Å². The van der Waals surface area contributed by atoms with Crippen LogP contribution in [0.2, 0.25) is 0 Å². The van der Waals surface area contributed by atoms with E-state index in [0.29, 0.717) is 13.1 Å². The molecule has 15 heteroatoms. The first kappa shape index (κ1) is 34.4. The lowest BCUT2D eigenvalue weighted by Gasteiger charge is -2.34. The number of nitrogens with one attached hydrogen (secondary N) is 1. The van der Waals surface area contributed by atoms with E-state index < -0.39 is 23.9 Å². The first-order valence-corrected chi connectivity index (χ1v) is 13.7. The van der Waals surface area contributed by atoms with Gasteiger partial charge in [-0.1, -0.05) is 38.2 Å². The fourth-order valence-corrected chi connectivity index (χ4v) is 4.40. The van der Waals surface area contributed by atoms with Crippen LogP contribution in [0.5, 0.6) is 5.88 Å². The van der Waals surface area contributed by atoms with Crippen molar-refractivity contribution in [2.24, 2.45) is 5.92 Å². The summed E-state index contributed by atoms with van der Waals surface area (Å²) in [6.45, 7) is 4.72. The number of pyridine rings is 2. The number of carbonyl (C=O) groups is 5. The van der Waals surface area contributed by atoms with Gasteiger partial charge in [-0.3, -0.25) is 9.88 Å². The molecule has 2 fully saturated rings. The van der Waals surface area contributed by atoms with Gasteiger partial charge in [-0.05, 0) is 30.0 Å². The molecule has 2 aromatic heterocycles. The van der Waals surface area contributed by atoms with E-state index in [0.717, 1.165) is 50.1 Å². The standard InChI is InChI=1S/C24H33N5O2.2C2H2O4/c30-24(27-22-7-4-11-25-18-22)29-14-12-28(13-15-29)19-21-8-9-23(26-17-21)31-16-10-20-5-2-1-3-6-20;2*3-1(4)2(5)6/h4,7-9,11,17-18,20H,1-3,5-6,10,12-16,19H2,(H,27,30);2*(H,3,4)(H,5,6). The molecule has 0 spiro atoms. The van der Waals surface area contributed by atoms with Crippen molar-refractivity contribution in [2.45, 2.75) is 45.1 Å². The number of nitrogens with zero attached hydrogens (tertiary/aromatic N) is 4. The van der Waals surface area contributed by atoms with E-state index in [4.69, 9.17) is 44.3 Å². The average Bonchev–Trinajstić information content (AvgIpc) is 3.00. The minimum atomic E-state index is -1.82. The number of aliphatic carboxylic acids is 4. The van der Waals surface area contributed by atoms with Crippen molar-refractivity contribution in [3.63, 3.8) is 0 Å². The predicted molar refractivity (Wildman–Crippen MR) is 152 cm³/mol. The van der Waals surface area contributed by atoms with E-state index in [1.165, 1.54) is 37.7 Å². The summed E-state index contributed by atoms with van der Waals surface area (Å²) in [5.74, 6) is -5.75. The van der Waals surface area contributed by atoms with Crippen LogP contribution in [-0.2, 0) is 25.7 Å². The number of amides is 2. The summed E-state index contributed by atoms with van der Waals surface area (Å²) >= 11 is 0. The Morgan fingerprint density at radius 1 is 0.837 bits per heavy atom. The molecule has 3 heterocycles. The van der Waals surface area contributed by atoms with E-state index >= 15 is 0 Å². The van der Waals surface area contributed by atoms with Gasteiger partial charge in [0.25, 0.3) is 0 Å². The molecule has 234 valence electrons. The Morgan fingerprint density at radius 2 is 1.47 bits per heavy atom. The quantitative estimate of drug-likeness (QED) is 0.288. The minimum Gasteiger partial charge on any atom is -0.478 e. The molecule has 4 rings (SSSR count). The Balaban J connectivity index is 0.000000455. The number of urea groups is 1. The number of carbonyl (C=O) groups excluding carboxylic acids is 1. The highest BCUT2D eigenvalue weighted by Crippen LogP contribution is 2.26. The van der Waals surface area contributed by atoms with Crippen LogP contribution in [0.1, 0.15) is 44.1 Å². The fraction of sp³-hybridized carbons (Fsp3) is 0.464. The van der Waals surface area contributed by atoms with Crippen LogP contribution >= 0.6 is 0 Å². The SMILES string of the molecule is O=C(Nc1cccnc1)N1CCN(Cc2ccc(OCCC3CCCCC3)nc2)CC1.O=C(O)C(=O)O.O=C(O)C(=O)O. The third-order valence-corrected chi connectivity index (χ3v) is 6.64. The highest BCUT2D eigenvalue weighted by Gasteiger charge is 2.21. The lowest BCUT2D eigenvalue weighted by Crippen LogP contribution is -2.49. The van der Waals surface area contributed by atoms with Gasteiger partial charge in [0.1, 0.15) is 0 Å². The molecule has 15 nitrogen and oxygen atoms in total. The highest BCUT2D eigenvalue weighted by atomic mass is 16.5. The third-order valence-electron chi connectivity index (χ3n) is 6.64. The Morgan fingerprint density at radius 3 is 1.98 bits per heavy atom. The second kappa shape index (κ2) is 18.6. The summed E-state index contributed by atoms with van der Waals surface area (Å²) in [5, 5.41) is 32.5. The van der Waals surface area contributed by atoms with E-state index in [1.54, 1.807) is 12.4 Å². The van der Waals surface area contributed by atoms with Crippen molar-refractivity contribution in [1.29, 1.82) is 0 Å². The predicted octanol–water partition coefficient (Wildman–Crippen LogP) is 2.49. The van der Waals surface area contributed by atoms with Crippen LogP contribution in [0.25, 0.3) is 0 Å². The molecule has 2 amide bonds. The summed E-state index contributed by atoms with van der Waals surface area (Å²) in [6.07, 6.45) is 13.3. The zero-order valence-corrected chi connectivity index (χ0v) is 23.6. The monoisotopic (exact) mass is 603 g/mol. The van der Waals surface area contributed by atoms with Gasteiger partial charge in [-0.25, -0.2) is 29.0 Å². The van der Waals surface area contributed by atoms with E-state index in [9.17, 15) is 4.79 Å². The maximum absolute atomic E-state index is 12.4. The van der Waals surface area contributed by atoms with Crippen molar-refractivity contribution in [2.75, 3.05) is 38.1 Å². The lowest BCUT2D eigenvalue weighted by atomic mass is 9.87. The molecular formula is C28H37N5O10. The van der Waals surface area contributed by atoms with Gasteiger partial charge < -0.3 is 35.4 Å². The molecule has 1 saturated carbocycles. The Kier molecular flexibility index (Phi) is 14.9. The molecule has 1 aliphatic heterocycles. The van der Waals surface area contributed by atoms with Crippen molar-refractivity contribution >= 4 is 35.6 Å². The molecule has 2 aliphatic rings. The fourth-order valence-electron chi connectivity index (χ4n) is 4.40. The first-order chi connectivity index (χ1) is 20.5. The second-order valence-electron chi connectivity index (χ2n) is 9.80. The second-order valence-corrected chi connectivity index (χ2v) is 9.80. The molecule has 2 aromatic rings. The normalized spacial score (nSPS) is 15.0. The number of carboxylic acids is 4. The Hall–Kier alpha value is -4.79. The van der Waals surface area contributed by atoms with Crippen LogP contribution in [0.15, 0.2) is 42.9 Å². The molecule has 0 bridgehead atoms. The van der Waals surface area contributed by atoms with Gasteiger partial charge in [-0.2, -0.15) is 0 Å². The van der Waals surface area contributed by atoms with Crippen molar-refractivity contribution in [3.8, 4) is 5.88 Å². The first-order valence-electron chi connectivity index (χ1n) is 13.7. The van der Waals surface area contributed by atoms with Gasteiger partial charge >= 0.3 is 29.9 Å². The smallest absolute Gasteiger partial charge is 0.414 e. The van der Waals surface area contributed by atoms with E-state index in [1.807, 2.05) is 29.3 Å². The molecule has 0 unspecified atom stereocenters. The molecule has 0 aromatic carbocycles. The van der Waals surface area contributed by atoms with Gasteiger partial charge in [0.05, 0.1) is 18.5 Å². The van der Waals surface area contributed by atoms with Gasteiger partial charge in [0.15, 0.2) is 0 Å². The number of piperazine rings is 1. The maximum atomic E-state index is 12.4. The summed E-state index contributed by atoms with van der Waals surface area (Å²) in [6, 6.07) is 7.67. The number of ether oxygens (including phenoxy) is 1. The Labute approximate surface area is 248 Å². The van der Waals surface area contributed by atoms with Gasteiger partial charge in [0.2, 0.25) is 5.88 Å². The zero-order chi connectivity index (χ0) is 31.6. The van der Waals surface area contributed by atoms with Crippen LogP contribution in [-0.4, -0.2) is 103 Å². The van der Waals surface area contributed by atoms with E-state index in [-0.39, 0.29) is 6.03 Å². The summed E-state index contributed by atoms with van der Waals surface area (Å²) in [5.41, 5.74) is 1.90. The molecule has 43 heavy (non-hydrogen) atoms. The summed E-state index contributed by atoms with van der Waals surface area (Å²) in [7, 11) is 0. The molecule has 0 atom stereocenters. The molecular weight excluding hydrogens is 566 g/mol. The number of hydrogen-bond donors (Lipinski definition) is 5. The van der Waals surface area contributed by atoms with Gasteiger partial charge in [-0.15, -0.1) is 0 Å². The molecule has 1 saturated heterocycles. The molecule has 0 radical (unpaired) electrons. The number of anilines is 1. The number of rotatable bonds is 7.